The fourth-order valence-electron chi connectivity index (χ4n) is 15.3. The van der Waals surface area contributed by atoms with E-state index in [1.54, 1.807) is 0 Å². The van der Waals surface area contributed by atoms with Crippen LogP contribution in [0.3, 0.4) is 0 Å². The molecule has 0 fully saturated rings. The molecular formula is C82H69N. The van der Waals surface area contributed by atoms with Gasteiger partial charge in [0.25, 0.3) is 0 Å². The highest BCUT2D eigenvalue weighted by atomic mass is 15.1. The topological polar surface area (TPSA) is 3.24 Å². The van der Waals surface area contributed by atoms with Gasteiger partial charge in [0.2, 0.25) is 0 Å². The maximum Gasteiger partial charge on any atom is 0.0725 e. The van der Waals surface area contributed by atoms with Crippen molar-refractivity contribution in [3.05, 3.63) is 294 Å². The summed E-state index contributed by atoms with van der Waals surface area (Å²) in [7, 11) is 0. The molecule has 0 heterocycles. The summed E-state index contributed by atoms with van der Waals surface area (Å²) in [5.74, 6) is 0.417. The Labute approximate surface area is 490 Å². The van der Waals surface area contributed by atoms with Gasteiger partial charge in [-0.15, -0.1) is 0 Å². The van der Waals surface area contributed by atoms with Gasteiger partial charge in [-0.05, 0) is 176 Å². The van der Waals surface area contributed by atoms with Crippen LogP contribution in [0.5, 0.6) is 0 Å². The molecular weight excluding hydrogens is 999 g/mol. The first-order valence-corrected chi connectivity index (χ1v) is 29.9. The summed E-state index contributed by atoms with van der Waals surface area (Å²) in [6.07, 6.45) is 1.12. The first kappa shape index (κ1) is 50.9. The van der Waals surface area contributed by atoms with Crippen molar-refractivity contribution in [2.45, 2.75) is 78.6 Å². The minimum atomic E-state index is -0.545. The molecule has 1 nitrogen and oxygen atoms in total. The van der Waals surface area contributed by atoms with E-state index in [9.17, 15) is 0 Å². The lowest BCUT2D eigenvalue weighted by Gasteiger charge is -2.36. The average Bonchev–Trinajstić information content (AvgIpc) is 1.77. The lowest BCUT2D eigenvalue weighted by Crippen LogP contribution is -2.26. The van der Waals surface area contributed by atoms with E-state index >= 15 is 0 Å². The van der Waals surface area contributed by atoms with Crippen LogP contribution in [0, 0.1) is 10.8 Å². The predicted molar refractivity (Wildman–Crippen MR) is 353 cm³/mol. The Morgan fingerprint density at radius 2 is 0.771 bits per heavy atom. The van der Waals surface area contributed by atoms with E-state index < -0.39 is 5.41 Å². The van der Waals surface area contributed by atoms with Crippen molar-refractivity contribution >= 4 is 38.6 Å². The zero-order valence-electron chi connectivity index (χ0n) is 49.0. The molecule has 0 saturated heterocycles. The smallest absolute Gasteiger partial charge is 0.0725 e. The summed E-state index contributed by atoms with van der Waals surface area (Å²) in [6.45, 7) is 19.1. The highest BCUT2D eigenvalue weighted by Gasteiger charge is 2.52. The van der Waals surface area contributed by atoms with Crippen LogP contribution >= 0.6 is 0 Å². The molecule has 2 unspecified atom stereocenters. The predicted octanol–water partition coefficient (Wildman–Crippen LogP) is 22.7. The second-order valence-corrected chi connectivity index (χ2v) is 26.6. The van der Waals surface area contributed by atoms with Crippen molar-refractivity contribution < 1.29 is 0 Å². The van der Waals surface area contributed by atoms with Gasteiger partial charge in [0.05, 0.1) is 11.1 Å². The summed E-state index contributed by atoms with van der Waals surface area (Å²) in [6, 6.07) is 97.3. The Balaban J connectivity index is 0.943. The first-order valence-electron chi connectivity index (χ1n) is 29.9. The molecule has 83 heavy (non-hydrogen) atoms. The van der Waals surface area contributed by atoms with Gasteiger partial charge in [0.1, 0.15) is 0 Å². The van der Waals surface area contributed by atoms with Gasteiger partial charge in [-0.3, -0.25) is 0 Å². The molecule has 0 amide bonds. The normalized spacial score (nSPS) is 15.6. The summed E-state index contributed by atoms with van der Waals surface area (Å²) in [5, 5.41) is 4.85. The molecule has 1 spiro atoms. The van der Waals surface area contributed by atoms with E-state index in [2.05, 4.69) is 315 Å². The summed E-state index contributed by atoms with van der Waals surface area (Å²) < 4.78 is 0. The van der Waals surface area contributed by atoms with Crippen LogP contribution < -0.4 is 4.90 Å². The van der Waals surface area contributed by atoms with Crippen molar-refractivity contribution in [3.63, 3.8) is 0 Å². The molecule has 3 aliphatic rings. The van der Waals surface area contributed by atoms with Crippen molar-refractivity contribution in [3.8, 4) is 66.8 Å². The molecule has 2 atom stereocenters. The third kappa shape index (κ3) is 7.88. The number of nitrogens with zero attached hydrogens (tertiary/aromatic N) is 1. The number of hydrogen-bond donors (Lipinski definition) is 0. The van der Waals surface area contributed by atoms with Crippen molar-refractivity contribution in [2.75, 3.05) is 4.90 Å². The third-order valence-corrected chi connectivity index (χ3v) is 19.0. The maximum absolute atomic E-state index is 2.59. The minimum absolute atomic E-state index is 0.114. The van der Waals surface area contributed by atoms with Gasteiger partial charge in [-0.25, -0.2) is 0 Å². The van der Waals surface area contributed by atoms with Crippen LogP contribution in [0.4, 0.5) is 17.1 Å². The Morgan fingerprint density at radius 1 is 0.337 bits per heavy atom. The number of hydrogen-bond acceptors (Lipinski definition) is 1. The van der Waals surface area contributed by atoms with Gasteiger partial charge >= 0.3 is 0 Å². The lowest BCUT2D eigenvalue weighted by atomic mass is 9.68. The highest BCUT2D eigenvalue weighted by molar-refractivity contribution is 6.22. The molecule has 15 rings (SSSR count). The van der Waals surface area contributed by atoms with Gasteiger partial charge in [0.15, 0.2) is 0 Å². The maximum atomic E-state index is 2.59. The van der Waals surface area contributed by atoms with Gasteiger partial charge < -0.3 is 4.90 Å². The second kappa shape index (κ2) is 18.7. The molecule has 0 aromatic heterocycles. The SMILES string of the molecule is CC(C)(C)CC(c1cccc(-c2ccc3c(c2)C2(c4ccccc4-3)c3ccccc3-c3ccc(-c4c5ccccc5c(N(c5ccc(-c6ccccc6)cc5)c5ccc6c(c5)C(C)(C)c5ccccc5-6)c5ccccc45)cc32)c1)C(C)(C)C. The third-order valence-electron chi connectivity index (χ3n) is 19.0. The lowest BCUT2D eigenvalue weighted by molar-refractivity contribution is 0.229. The van der Waals surface area contributed by atoms with E-state index in [4.69, 9.17) is 0 Å². The zero-order valence-corrected chi connectivity index (χ0v) is 49.0. The second-order valence-electron chi connectivity index (χ2n) is 26.6. The quantitative estimate of drug-likeness (QED) is 0.137. The van der Waals surface area contributed by atoms with Crippen LogP contribution in [-0.4, -0.2) is 0 Å². The summed E-state index contributed by atoms with van der Waals surface area (Å²) in [4.78, 5) is 2.55. The van der Waals surface area contributed by atoms with E-state index in [1.165, 1.54) is 133 Å². The summed E-state index contributed by atoms with van der Waals surface area (Å²) in [5.41, 5.74) is 27.8. The van der Waals surface area contributed by atoms with Crippen LogP contribution in [-0.2, 0) is 10.8 Å². The molecule has 0 radical (unpaired) electrons. The van der Waals surface area contributed by atoms with Crippen LogP contribution in [0.15, 0.2) is 255 Å². The van der Waals surface area contributed by atoms with Crippen LogP contribution in [0.25, 0.3) is 88.3 Å². The largest absolute Gasteiger partial charge is 0.309 e. The molecule has 0 N–H and O–H groups in total. The van der Waals surface area contributed by atoms with Gasteiger partial charge in [-0.2, -0.15) is 0 Å². The molecule has 12 aromatic rings. The molecule has 0 bridgehead atoms. The molecule has 0 aliphatic heterocycles. The number of rotatable bonds is 8. The van der Waals surface area contributed by atoms with E-state index in [1.807, 2.05) is 0 Å². The van der Waals surface area contributed by atoms with Gasteiger partial charge in [-0.1, -0.05) is 274 Å². The fourth-order valence-corrected chi connectivity index (χ4v) is 15.3. The molecule has 0 saturated carbocycles. The number of anilines is 3. The standard InChI is InChI=1S/C82H69N/c1-79(2,3)51-76(80(4,5)6)56-26-22-25-54(47-56)55-39-44-64-61-28-17-20-35-71(61)82(74(64)48-55)72-36-21-18-29-62(72)65-45-40-57(49-75(65)82)77-66-30-12-14-32-68(66)78(69-33-15-13-31-67(69)77)83(58-41-37-53(38-42-58)52-23-10-9-11-24-52)59-43-46-63-60-27-16-19-34-70(60)81(7,8)73(63)50-59/h9-50,76H,51H2,1-8H3. The van der Waals surface area contributed by atoms with E-state index in [-0.39, 0.29) is 16.2 Å². The molecule has 12 aromatic carbocycles. The molecule has 3 aliphatic carbocycles. The molecule has 1 heteroatoms. The van der Waals surface area contributed by atoms with Gasteiger partial charge in [0, 0.05) is 27.6 Å². The van der Waals surface area contributed by atoms with Crippen LogP contribution in [0.1, 0.15) is 107 Å². The monoisotopic (exact) mass is 1070 g/mol. The van der Waals surface area contributed by atoms with E-state index in [0.29, 0.717) is 5.92 Å². The van der Waals surface area contributed by atoms with Crippen LogP contribution in [0.2, 0.25) is 0 Å². The number of fused-ring (bicyclic) bond motifs is 15. The number of benzene rings is 12. The Hall–Kier alpha value is -9.04. The van der Waals surface area contributed by atoms with Crippen molar-refractivity contribution in [1.82, 2.24) is 0 Å². The Kier molecular flexibility index (Phi) is 11.5. The molecule has 402 valence electrons. The average molecular weight is 1070 g/mol. The first-order chi connectivity index (χ1) is 40.2. The van der Waals surface area contributed by atoms with Crippen molar-refractivity contribution in [2.24, 2.45) is 10.8 Å². The zero-order chi connectivity index (χ0) is 56.6. The summed E-state index contributed by atoms with van der Waals surface area (Å²) >= 11 is 0. The van der Waals surface area contributed by atoms with E-state index in [0.717, 1.165) is 17.8 Å². The Morgan fingerprint density at radius 3 is 1.37 bits per heavy atom. The Bertz CT molecular complexity index is 4510. The minimum Gasteiger partial charge on any atom is -0.309 e. The van der Waals surface area contributed by atoms with Crippen molar-refractivity contribution in [1.29, 1.82) is 0 Å². The fraction of sp³-hybridized carbons (Fsp3) is 0.171. The highest BCUT2D eigenvalue weighted by Crippen LogP contribution is 2.64.